The van der Waals surface area contributed by atoms with Gasteiger partial charge in [0.1, 0.15) is 11.2 Å². The summed E-state index contributed by atoms with van der Waals surface area (Å²) in [7, 11) is 0. The number of rotatable bonds is 18. The van der Waals surface area contributed by atoms with Crippen molar-refractivity contribution in [1.29, 1.82) is 0 Å². The number of hydrogen-bond donors (Lipinski definition) is 0. The lowest BCUT2D eigenvalue weighted by Gasteiger charge is -2.60. The second-order valence-electron chi connectivity index (χ2n) is 19.1. The first kappa shape index (κ1) is 42.0. The van der Waals surface area contributed by atoms with E-state index in [2.05, 4.69) is 13.8 Å². The Morgan fingerprint density at radius 2 is 0.962 bits per heavy atom. The van der Waals surface area contributed by atoms with E-state index >= 15 is 0 Å². The fourth-order valence-electron chi connectivity index (χ4n) is 11.9. The van der Waals surface area contributed by atoms with E-state index in [-0.39, 0.29) is 54.2 Å². The first-order valence-electron chi connectivity index (χ1n) is 22.1. The van der Waals surface area contributed by atoms with Crippen molar-refractivity contribution >= 4 is 23.9 Å². The molecule has 302 valence electrons. The summed E-state index contributed by atoms with van der Waals surface area (Å²) in [6.07, 6.45) is 22.9. The molecular formula is C45H74O8. The average Bonchev–Trinajstić information content (AvgIpc) is 3.13. The number of hydrogen-bond acceptors (Lipinski definition) is 8. The predicted molar refractivity (Wildman–Crippen MR) is 205 cm³/mol. The van der Waals surface area contributed by atoms with Crippen LogP contribution in [0.1, 0.15) is 177 Å². The molecule has 0 spiro atoms. The highest BCUT2D eigenvalue weighted by Gasteiger charge is 2.60. The quantitative estimate of drug-likeness (QED) is 0.0776. The van der Waals surface area contributed by atoms with Gasteiger partial charge in [0.15, 0.2) is 13.2 Å². The zero-order valence-electron chi connectivity index (χ0n) is 34.5. The highest BCUT2D eigenvalue weighted by molar-refractivity contribution is 5.80. The zero-order chi connectivity index (χ0) is 38.4. The van der Waals surface area contributed by atoms with Crippen LogP contribution in [-0.2, 0) is 38.1 Å². The van der Waals surface area contributed by atoms with Gasteiger partial charge in [0.2, 0.25) is 0 Å². The van der Waals surface area contributed by atoms with Gasteiger partial charge in [-0.05, 0) is 164 Å². The Bertz CT molecular complexity index is 1200. The molecule has 0 saturated heterocycles. The van der Waals surface area contributed by atoms with Crippen molar-refractivity contribution in [2.75, 3.05) is 13.2 Å². The smallest absolute Gasteiger partial charge is 0.344 e. The molecule has 8 nitrogen and oxygen atoms in total. The standard InChI is InChI=1S/C23H38O4.C22H36O4/c1-5-7-8-9-23(18-11-16-10-17(13-18)14-19(23)12-16)27-20(24)15-26-21(25)22(3,4)6-2;1-4-6-7-8-22(26-20(23)14-25-21(24)15(3)5-2)18-10-16-9-17(12-18)13-19(22)11-16/h16-19H,5-15H2,1-4H3;15-19H,4-14H2,1-3H3. The van der Waals surface area contributed by atoms with E-state index in [0.29, 0.717) is 30.1 Å². The molecular weight excluding hydrogens is 668 g/mol. The van der Waals surface area contributed by atoms with Crippen LogP contribution in [0, 0.1) is 58.7 Å². The lowest BCUT2D eigenvalue weighted by atomic mass is 9.49. The van der Waals surface area contributed by atoms with Gasteiger partial charge < -0.3 is 18.9 Å². The number of carbonyl (C=O) groups excluding carboxylic acids is 4. The van der Waals surface area contributed by atoms with Crippen LogP contribution in [0.5, 0.6) is 0 Å². The Morgan fingerprint density at radius 1 is 0.585 bits per heavy atom. The molecule has 0 aliphatic heterocycles. The fourth-order valence-corrected chi connectivity index (χ4v) is 11.9. The average molecular weight is 743 g/mol. The minimum atomic E-state index is -0.554. The first-order valence-corrected chi connectivity index (χ1v) is 22.1. The molecule has 0 aromatic rings. The first-order chi connectivity index (χ1) is 25.3. The summed E-state index contributed by atoms with van der Waals surface area (Å²) in [5.41, 5.74) is -1.14. The Balaban J connectivity index is 0.000000204. The highest BCUT2D eigenvalue weighted by Crippen LogP contribution is 2.62. The van der Waals surface area contributed by atoms with Crippen molar-refractivity contribution in [2.45, 2.75) is 188 Å². The van der Waals surface area contributed by atoms with Crippen LogP contribution in [0.3, 0.4) is 0 Å². The molecule has 8 saturated carbocycles. The van der Waals surface area contributed by atoms with Crippen LogP contribution in [0.25, 0.3) is 0 Å². The Hall–Kier alpha value is -2.12. The molecule has 8 aliphatic rings. The molecule has 8 heteroatoms. The molecule has 0 aromatic carbocycles. The van der Waals surface area contributed by atoms with E-state index in [1.807, 2.05) is 34.6 Å². The summed E-state index contributed by atoms with van der Waals surface area (Å²) in [6, 6.07) is 0. The predicted octanol–water partition coefficient (Wildman–Crippen LogP) is 10.2. The minimum Gasteiger partial charge on any atom is -0.456 e. The second-order valence-corrected chi connectivity index (χ2v) is 19.1. The third-order valence-electron chi connectivity index (χ3n) is 15.1. The van der Waals surface area contributed by atoms with E-state index in [4.69, 9.17) is 18.9 Å². The third-order valence-corrected chi connectivity index (χ3v) is 15.1. The molecule has 1 atom stereocenters. The topological polar surface area (TPSA) is 105 Å². The van der Waals surface area contributed by atoms with E-state index in [9.17, 15) is 19.2 Å². The molecule has 8 rings (SSSR count). The van der Waals surface area contributed by atoms with Gasteiger partial charge >= 0.3 is 23.9 Å². The van der Waals surface area contributed by atoms with Crippen molar-refractivity contribution in [2.24, 2.45) is 58.7 Å². The maximum Gasteiger partial charge on any atom is 0.344 e. The maximum absolute atomic E-state index is 12.7. The van der Waals surface area contributed by atoms with Crippen molar-refractivity contribution < 1.29 is 38.1 Å². The van der Waals surface area contributed by atoms with Gasteiger partial charge in [0.25, 0.3) is 0 Å². The van der Waals surface area contributed by atoms with Crippen molar-refractivity contribution in [3.63, 3.8) is 0 Å². The maximum atomic E-state index is 12.7. The molecule has 53 heavy (non-hydrogen) atoms. The Labute approximate surface area is 321 Å². The van der Waals surface area contributed by atoms with Crippen LogP contribution in [-0.4, -0.2) is 48.3 Å². The zero-order valence-corrected chi connectivity index (χ0v) is 34.5. The van der Waals surface area contributed by atoms with Gasteiger partial charge in [-0.25, -0.2) is 9.59 Å². The molecule has 0 heterocycles. The lowest BCUT2D eigenvalue weighted by molar-refractivity contribution is -0.216. The van der Waals surface area contributed by atoms with Gasteiger partial charge in [-0.2, -0.15) is 0 Å². The molecule has 0 aromatic heterocycles. The van der Waals surface area contributed by atoms with Crippen molar-refractivity contribution in [1.82, 2.24) is 0 Å². The highest BCUT2D eigenvalue weighted by atomic mass is 16.6. The molecule has 8 aliphatic carbocycles. The van der Waals surface area contributed by atoms with Gasteiger partial charge in [-0.1, -0.05) is 60.3 Å². The van der Waals surface area contributed by atoms with Gasteiger partial charge in [-0.15, -0.1) is 0 Å². The SMILES string of the molecule is CCCCCC1(OC(=O)COC(=O)C(C)(C)CC)C2CC3CC(C2)CC1C3.CCCCCC1(OC(=O)COC(=O)C(C)CC)C2CC3CC(C2)CC1C3. The van der Waals surface area contributed by atoms with E-state index in [0.717, 1.165) is 55.8 Å². The monoisotopic (exact) mass is 743 g/mol. The van der Waals surface area contributed by atoms with E-state index in [1.165, 1.54) is 89.9 Å². The van der Waals surface area contributed by atoms with Gasteiger partial charge in [0.05, 0.1) is 11.3 Å². The number of unbranched alkanes of at least 4 members (excludes halogenated alkanes) is 4. The summed E-state index contributed by atoms with van der Waals surface area (Å²) in [6.45, 7) is 13.4. The van der Waals surface area contributed by atoms with Crippen LogP contribution in [0.4, 0.5) is 0 Å². The second kappa shape index (κ2) is 18.2. The summed E-state index contributed by atoms with van der Waals surface area (Å²) in [4.78, 5) is 49.4. The molecule has 0 amide bonds. The van der Waals surface area contributed by atoms with Gasteiger partial charge in [0, 0.05) is 0 Å². The molecule has 1 unspecified atom stereocenters. The lowest BCUT2D eigenvalue weighted by Crippen LogP contribution is -2.60. The Kier molecular flexibility index (Phi) is 14.4. The molecule has 0 radical (unpaired) electrons. The molecule has 8 bridgehead atoms. The van der Waals surface area contributed by atoms with Crippen LogP contribution < -0.4 is 0 Å². The molecule has 8 fully saturated rings. The van der Waals surface area contributed by atoms with Crippen LogP contribution in [0.15, 0.2) is 0 Å². The molecule has 0 N–H and O–H groups in total. The van der Waals surface area contributed by atoms with E-state index in [1.54, 1.807) is 0 Å². The summed E-state index contributed by atoms with van der Waals surface area (Å²) < 4.78 is 23.0. The largest absolute Gasteiger partial charge is 0.456 e. The normalized spacial score (nSPS) is 35.2. The van der Waals surface area contributed by atoms with Crippen molar-refractivity contribution in [3.8, 4) is 0 Å². The third kappa shape index (κ3) is 9.65. The summed E-state index contributed by atoms with van der Waals surface area (Å²) >= 11 is 0. The fraction of sp³-hybridized carbons (Fsp3) is 0.911. The van der Waals surface area contributed by atoms with Crippen molar-refractivity contribution in [3.05, 3.63) is 0 Å². The van der Waals surface area contributed by atoms with Crippen LogP contribution >= 0.6 is 0 Å². The summed E-state index contributed by atoms with van der Waals surface area (Å²) in [5.74, 6) is 3.97. The van der Waals surface area contributed by atoms with Crippen LogP contribution in [0.2, 0.25) is 0 Å². The minimum absolute atomic E-state index is 0.164. The van der Waals surface area contributed by atoms with Gasteiger partial charge in [-0.3, -0.25) is 9.59 Å². The summed E-state index contributed by atoms with van der Waals surface area (Å²) in [5, 5.41) is 0. The number of esters is 4. The number of ether oxygens (including phenoxy) is 4. The Morgan fingerprint density at radius 3 is 1.30 bits per heavy atom. The van der Waals surface area contributed by atoms with E-state index < -0.39 is 5.41 Å². The number of carbonyl (C=O) groups is 4.